The van der Waals surface area contributed by atoms with Gasteiger partial charge in [-0.1, -0.05) is 0 Å². The molecule has 0 spiro atoms. The highest BCUT2D eigenvalue weighted by Gasteiger charge is 2.21. The zero-order valence-corrected chi connectivity index (χ0v) is 16.6. The van der Waals surface area contributed by atoms with Crippen molar-refractivity contribution in [3.63, 3.8) is 0 Å². The van der Waals surface area contributed by atoms with E-state index in [1.165, 1.54) is 0 Å². The fourth-order valence-electron chi connectivity index (χ4n) is 3.30. The lowest BCUT2D eigenvalue weighted by atomic mass is 10.2. The quantitative estimate of drug-likeness (QED) is 0.461. The summed E-state index contributed by atoms with van der Waals surface area (Å²) in [5, 5.41) is 1.74. The van der Waals surface area contributed by atoms with Crippen molar-refractivity contribution in [3.05, 3.63) is 60.4 Å². The number of hydrogen-bond donors (Lipinski definition) is 0. The predicted molar refractivity (Wildman–Crippen MR) is 113 cm³/mol. The highest BCUT2D eigenvalue weighted by atomic mass is 16.5. The van der Waals surface area contributed by atoms with Gasteiger partial charge in [-0.2, -0.15) is 0 Å². The molecule has 6 heteroatoms. The third kappa shape index (κ3) is 3.61. The Hall–Kier alpha value is -3.54. The van der Waals surface area contributed by atoms with E-state index in [1.807, 2.05) is 62.4 Å². The fourth-order valence-corrected chi connectivity index (χ4v) is 3.30. The lowest BCUT2D eigenvalue weighted by molar-refractivity contribution is 0.0963. The number of benzene rings is 2. The number of anilines is 1. The largest absolute Gasteiger partial charge is 0.497 e. The van der Waals surface area contributed by atoms with Gasteiger partial charge < -0.3 is 18.8 Å². The Morgan fingerprint density at radius 2 is 1.76 bits per heavy atom. The van der Waals surface area contributed by atoms with Crippen LogP contribution in [0.3, 0.4) is 0 Å². The molecule has 0 fully saturated rings. The van der Waals surface area contributed by atoms with E-state index in [1.54, 1.807) is 18.1 Å². The van der Waals surface area contributed by atoms with Crippen LogP contribution in [0.15, 0.2) is 59.0 Å². The van der Waals surface area contributed by atoms with Gasteiger partial charge in [-0.25, -0.2) is 4.98 Å². The first-order chi connectivity index (χ1) is 14.1. The fraction of sp³-hybridized carbons (Fsp3) is 0.217. The lowest BCUT2D eigenvalue weighted by Gasteiger charge is -2.20. The van der Waals surface area contributed by atoms with Crippen LogP contribution in [0.1, 0.15) is 24.4 Å². The van der Waals surface area contributed by atoms with Crippen molar-refractivity contribution in [2.45, 2.75) is 13.8 Å². The van der Waals surface area contributed by atoms with E-state index in [9.17, 15) is 4.79 Å². The van der Waals surface area contributed by atoms with Crippen molar-refractivity contribution in [1.29, 1.82) is 0 Å². The number of furan rings is 1. The molecule has 148 valence electrons. The van der Waals surface area contributed by atoms with Gasteiger partial charge >= 0.3 is 0 Å². The monoisotopic (exact) mass is 390 g/mol. The van der Waals surface area contributed by atoms with Crippen molar-refractivity contribution in [3.8, 4) is 11.5 Å². The van der Waals surface area contributed by atoms with E-state index in [4.69, 9.17) is 13.9 Å². The first kappa shape index (κ1) is 18.8. The SMILES string of the molecule is CCOc1ccc(N(CC)C(=O)c2cc3cc4ccc(OC)cc4nc3o2)cc1. The smallest absolute Gasteiger partial charge is 0.294 e. The molecule has 2 heterocycles. The van der Waals surface area contributed by atoms with Crippen LogP contribution in [-0.4, -0.2) is 31.2 Å². The van der Waals surface area contributed by atoms with Crippen molar-refractivity contribution >= 4 is 33.6 Å². The van der Waals surface area contributed by atoms with E-state index in [-0.39, 0.29) is 11.7 Å². The molecule has 0 radical (unpaired) electrons. The lowest BCUT2D eigenvalue weighted by Crippen LogP contribution is -2.30. The average molecular weight is 390 g/mol. The summed E-state index contributed by atoms with van der Waals surface area (Å²) in [6, 6.07) is 16.8. The molecule has 6 nitrogen and oxygen atoms in total. The van der Waals surface area contributed by atoms with Crippen LogP contribution in [0.25, 0.3) is 22.0 Å². The maximum atomic E-state index is 13.1. The van der Waals surface area contributed by atoms with Crippen LogP contribution < -0.4 is 14.4 Å². The molecule has 4 aromatic rings. The highest BCUT2D eigenvalue weighted by molar-refractivity contribution is 6.06. The number of carbonyl (C=O) groups is 1. The van der Waals surface area contributed by atoms with Crippen LogP contribution in [0.2, 0.25) is 0 Å². The van der Waals surface area contributed by atoms with E-state index in [2.05, 4.69) is 4.98 Å². The van der Waals surface area contributed by atoms with Gasteiger partial charge in [0.25, 0.3) is 5.91 Å². The van der Waals surface area contributed by atoms with Gasteiger partial charge in [0.2, 0.25) is 5.71 Å². The third-order valence-electron chi connectivity index (χ3n) is 4.74. The van der Waals surface area contributed by atoms with Crippen molar-refractivity contribution in [2.75, 3.05) is 25.2 Å². The zero-order chi connectivity index (χ0) is 20.4. The number of pyridine rings is 1. The minimum atomic E-state index is -0.212. The van der Waals surface area contributed by atoms with Crippen LogP contribution in [0.4, 0.5) is 5.69 Å². The van der Waals surface area contributed by atoms with Gasteiger partial charge in [-0.15, -0.1) is 0 Å². The Morgan fingerprint density at radius 1 is 1.00 bits per heavy atom. The number of carbonyl (C=O) groups excluding carboxylic acids is 1. The Balaban J connectivity index is 1.68. The number of methoxy groups -OCH3 is 1. The minimum absolute atomic E-state index is 0.212. The zero-order valence-electron chi connectivity index (χ0n) is 16.6. The summed E-state index contributed by atoms with van der Waals surface area (Å²) in [5.74, 6) is 1.54. The standard InChI is InChI=1S/C23H22N2O4/c1-4-25(17-7-10-18(11-8-17)28-5-2)23(26)21-13-16-12-15-6-9-19(27-3)14-20(15)24-22(16)29-21/h6-14H,4-5H2,1-3H3. The van der Waals surface area contributed by atoms with Crippen LogP contribution in [0.5, 0.6) is 11.5 Å². The second kappa shape index (κ2) is 7.83. The number of nitrogens with zero attached hydrogens (tertiary/aromatic N) is 2. The molecule has 0 aliphatic carbocycles. The Bertz CT molecular complexity index is 1160. The third-order valence-corrected chi connectivity index (χ3v) is 4.74. The molecule has 1 amide bonds. The Kier molecular flexibility index (Phi) is 5.08. The van der Waals surface area contributed by atoms with Gasteiger partial charge in [-0.3, -0.25) is 4.79 Å². The molecule has 0 unspecified atom stereocenters. The number of ether oxygens (including phenoxy) is 2. The summed E-state index contributed by atoms with van der Waals surface area (Å²) in [4.78, 5) is 19.3. The maximum Gasteiger partial charge on any atom is 0.294 e. The number of aromatic nitrogens is 1. The van der Waals surface area contributed by atoms with Gasteiger partial charge in [0.1, 0.15) is 11.5 Å². The molecule has 0 bridgehead atoms. The number of amides is 1. The van der Waals surface area contributed by atoms with Gasteiger partial charge in [0, 0.05) is 29.1 Å². The van der Waals surface area contributed by atoms with Gasteiger partial charge in [0.15, 0.2) is 5.76 Å². The summed E-state index contributed by atoms with van der Waals surface area (Å²) >= 11 is 0. The van der Waals surface area contributed by atoms with E-state index < -0.39 is 0 Å². The second-order valence-corrected chi connectivity index (χ2v) is 6.53. The summed E-state index contributed by atoms with van der Waals surface area (Å²) in [6.45, 7) is 4.97. The molecule has 0 N–H and O–H groups in total. The molecule has 4 rings (SSSR count). The molecule has 0 aliphatic heterocycles. The van der Waals surface area contributed by atoms with Crippen LogP contribution in [-0.2, 0) is 0 Å². The molecule has 2 aromatic carbocycles. The molecule has 0 saturated carbocycles. The normalized spacial score (nSPS) is 11.0. The van der Waals surface area contributed by atoms with Crippen LogP contribution in [0, 0.1) is 0 Å². The van der Waals surface area contributed by atoms with Gasteiger partial charge in [-0.05, 0) is 62.4 Å². The molecule has 29 heavy (non-hydrogen) atoms. The first-order valence-corrected chi connectivity index (χ1v) is 9.56. The summed E-state index contributed by atoms with van der Waals surface area (Å²) in [5.41, 5.74) is 1.96. The van der Waals surface area contributed by atoms with E-state index >= 15 is 0 Å². The van der Waals surface area contributed by atoms with Gasteiger partial charge in [0.05, 0.1) is 19.2 Å². The number of fused-ring (bicyclic) bond motifs is 2. The molecule has 0 saturated heterocycles. The number of rotatable bonds is 6. The Labute approximate surface area is 168 Å². The predicted octanol–water partition coefficient (Wildman–Crippen LogP) is 5.06. The maximum absolute atomic E-state index is 13.1. The average Bonchev–Trinajstić information content (AvgIpc) is 3.16. The minimum Gasteiger partial charge on any atom is -0.497 e. The van der Waals surface area contributed by atoms with Crippen molar-refractivity contribution in [2.24, 2.45) is 0 Å². The number of hydrogen-bond acceptors (Lipinski definition) is 5. The summed E-state index contributed by atoms with van der Waals surface area (Å²) in [7, 11) is 1.61. The molecular weight excluding hydrogens is 368 g/mol. The topological polar surface area (TPSA) is 64.8 Å². The summed E-state index contributed by atoms with van der Waals surface area (Å²) in [6.07, 6.45) is 0. The van der Waals surface area contributed by atoms with Crippen LogP contribution >= 0.6 is 0 Å². The van der Waals surface area contributed by atoms with E-state index in [0.717, 1.165) is 33.5 Å². The van der Waals surface area contributed by atoms with E-state index in [0.29, 0.717) is 18.9 Å². The summed E-state index contributed by atoms with van der Waals surface area (Å²) < 4.78 is 16.5. The Morgan fingerprint density at radius 3 is 2.45 bits per heavy atom. The molecule has 2 aromatic heterocycles. The first-order valence-electron chi connectivity index (χ1n) is 9.56. The second-order valence-electron chi connectivity index (χ2n) is 6.53. The van der Waals surface area contributed by atoms with Crippen molar-refractivity contribution < 1.29 is 18.7 Å². The molecule has 0 aliphatic rings. The molecular formula is C23H22N2O4. The van der Waals surface area contributed by atoms with Crippen molar-refractivity contribution in [1.82, 2.24) is 4.98 Å². The highest BCUT2D eigenvalue weighted by Crippen LogP contribution is 2.27. The molecule has 0 atom stereocenters.